The van der Waals surface area contributed by atoms with Gasteiger partial charge in [-0.3, -0.25) is 0 Å². The zero-order valence-electron chi connectivity index (χ0n) is 7.91. The van der Waals surface area contributed by atoms with Crippen LogP contribution in [0.1, 0.15) is 5.56 Å². The van der Waals surface area contributed by atoms with Gasteiger partial charge in [-0.15, -0.1) is 6.07 Å². The Labute approximate surface area is 100.0 Å². The van der Waals surface area contributed by atoms with Gasteiger partial charge in [-0.1, -0.05) is 5.56 Å². The van der Waals surface area contributed by atoms with Crippen LogP contribution in [0.25, 0.3) is 0 Å². The van der Waals surface area contributed by atoms with E-state index in [4.69, 9.17) is 14.6 Å². The summed E-state index contributed by atoms with van der Waals surface area (Å²) < 4.78 is 10.2. The first-order chi connectivity index (χ1) is 5.97. The minimum absolute atomic E-state index is 0. The fraction of sp³-hybridized carbons (Fsp3) is 0.333. The molecule has 1 aliphatic rings. The monoisotopic (exact) mass is 190 g/mol. The number of rotatable bonds is 0. The van der Waals surface area contributed by atoms with Gasteiger partial charge in [0.2, 0.25) is 0 Å². The van der Waals surface area contributed by atoms with Crippen LogP contribution in [0.3, 0.4) is 0 Å². The van der Waals surface area contributed by atoms with Crippen molar-refractivity contribution in [2.45, 2.75) is 6.61 Å². The van der Waals surface area contributed by atoms with Gasteiger partial charge in [-0.2, -0.15) is 18.2 Å². The molecular weight excluding hydrogens is 179 g/mol. The summed E-state index contributed by atoms with van der Waals surface area (Å²) in [5, 5.41) is 7.00. The fourth-order valence-corrected chi connectivity index (χ4v) is 0.953. The van der Waals surface area contributed by atoms with Crippen LogP contribution in [-0.4, -0.2) is 19.0 Å². The van der Waals surface area contributed by atoms with Gasteiger partial charge in [0.05, 0.1) is 6.61 Å². The van der Waals surface area contributed by atoms with Crippen molar-refractivity contribution in [3.8, 4) is 5.75 Å². The number of ether oxygens (including phenoxy) is 2. The van der Waals surface area contributed by atoms with E-state index >= 15 is 0 Å². The number of hydrogen-bond acceptors (Lipinski definition) is 3. The standard InChI is InChI=1S/C8H7O2.CH4O.Na/c1-2-4-8-7(3-1)5-9-6-10-8;1-2;/h1-2,4H,5-6H2;2H,1H3;/q-1;;+1. The summed E-state index contributed by atoms with van der Waals surface area (Å²) in [4.78, 5) is 0. The Kier molecular flexibility index (Phi) is 7.32. The Morgan fingerprint density at radius 3 is 2.92 bits per heavy atom. The molecule has 0 fully saturated rings. The second-order valence-corrected chi connectivity index (χ2v) is 2.12. The molecule has 0 saturated carbocycles. The number of hydrogen-bond donors (Lipinski definition) is 1. The molecule has 1 aliphatic heterocycles. The molecule has 0 bridgehead atoms. The van der Waals surface area contributed by atoms with Gasteiger partial charge >= 0.3 is 29.6 Å². The van der Waals surface area contributed by atoms with Crippen molar-refractivity contribution in [3.05, 3.63) is 29.8 Å². The zero-order valence-corrected chi connectivity index (χ0v) is 9.91. The van der Waals surface area contributed by atoms with Crippen molar-refractivity contribution in [2.24, 2.45) is 0 Å². The van der Waals surface area contributed by atoms with Crippen molar-refractivity contribution in [1.29, 1.82) is 0 Å². The molecule has 0 aliphatic carbocycles. The van der Waals surface area contributed by atoms with Crippen LogP contribution < -0.4 is 34.3 Å². The van der Waals surface area contributed by atoms with Crippen LogP contribution >= 0.6 is 0 Å². The number of benzene rings is 1. The third-order valence-corrected chi connectivity index (χ3v) is 1.44. The van der Waals surface area contributed by atoms with Crippen molar-refractivity contribution in [3.63, 3.8) is 0 Å². The summed E-state index contributed by atoms with van der Waals surface area (Å²) in [7, 11) is 1.00. The van der Waals surface area contributed by atoms with Gasteiger partial charge in [-0.05, 0) is 0 Å². The number of aliphatic hydroxyl groups excluding tert-OH is 1. The minimum atomic E-state index is 0. The summed E-state index contributed by atoms with van der Waals surface area (Å²) in [6.45, 7) is 0.987. The Morgan fingerprint density at radius 2 is 2.23 bits per heavy atom. The topological polar surface area (TPSA) is 38.7 Å². The van der Waals surface area contributed by atoms with Gasteiger partial charge in [0.25, 0.3) is 0 Å². The zero-order chi connectivity index (χ0) is 8.81. The first kappa shape index (κ1) is 12.9. The molecule has 0 atom stereocenters. The van der Waals surface area contributed by atoms with Gasteiger partial charge < -0.3 is 14.6 Å². The summed E-state index contributed by atoms with van der Waals surface area (Å²) >= 11 is 0. The SMILES string of the molecule is CO.[Na+].[c-]1cccc2c1COCO2. The van der Waals surface area contributed by atoms with E-state index in [-0.39, 0.29) is 29.6 Å². The van der Waals surface area contributed by atoms with Crippen LogP contribution in [0.2, 0.25) is 0 Å². The Bertz CT molecular complexity index is 215. The molecule has 3 nitrogen and oxygen atoms in total. The molecule has 0 spiro atoms. The molecule has 13 heavy (non-hydrogen) atoms. The molecule has 1 aromatic rings. The molecule has 0 saturated heterocycles. The maximum Gasteiger partial charge on any atom is 1.00 e. The van der Waals surface area contributed by atoms with Crippen molar-refractivity contribution >= 4 is 0 Å². The summed E-state index contributed by atoms with van der Waals surface area (Å²) in [6, 6.07) is 8.73. The largest absolute Gasteiger partial charge is 1.00 e. The molecule has 2 rings (SSSR count). The second kappa shape index (κ2) is 7.35. The molecule has 0 radical (unpaired) electrons. The fourth-order valence-electron chi connectivity index (χ4n) is 0.953. The normalized spacial score (nSPS) is 12.5. The van der Waals surface area contributed by atoms with Gasteiger partial charge in [-0.25, -0.2) is 0 Å². The molecule has 66 valence electrons. The average molecular weight is 190 g/mol. The molecular formula is C9H11NaO3. The van der Waals surface area contributed by atoms with Gasteiger partial charge in [0.15, 0.2) is 6.79 Å². The summed E-state index contributed by atoms with van der Waals surface area (Å²) in [6.07, 6.45) is 0. The average Bonchev–Trinajstić information content (AvgIpc) is 2.21. The van der Waals surface area contributed by atoms with E-state index in [1.54, 1.807) is 0 Å². The predicted octanol–water partition coefficient (Wildman–Crippen LogP) is -2.03. The Hall–Kier alpha value is -0.0600. The predicted molar refractivity (Wildman–Crippen MR) is 43.7 cm³/mol. The smallest absolute Gasteiger partial charge is 0.528 e. The molecule has 0 amide bonds. The van der Waals surface area contributed by atoms with E-state index in [9.17, 15) is 0 Å². The van der Waals surface area contributed by atoms with Gasteiger partial charge in [0.1, 0.15) is 0 Å². The Balaban J connectivity index is 0.000000451. The van der Waals surface area contributed by atoms with Gasteiger partial charge in [0, 0.05) is 12.9 Å². The number of aliphatic hydroxyl groups is 1. The molecule has 1 heterocycles. The van der Waals surface area contributed by atoms with Crippen molar-refractivity contribution in [2.75, 3.05) is 13.9 Å². The molecule has 0 aromatic heterocycles. The molecule has 1 N–H and O–H groups in total. The summed E-state index contributed by atoms with van der Waals surface area (Å²) in [5.41, 5.74) is 1.01. The summed E-state index contributed by atoms with van der Waals surface area (Å²) in [5.74, 6) is 0.897. The van der Waals surface area contributed by atoms with Crippen molar-refractivity contribution in [1.82, 2.24) is 0 Å². The quantitative estimate of drug-likeness (QED) is 0.378. The maximum absolute atomic E-state index is 7.00. The van der Waals surface area contributed by atoms with E-state index in [1.807, 2.05) is 18.2 Å². The van der Waals surface area contributed by atoms with Crippen LogP contribution in [0, 0.1) is 6.07 Å². The van der Waals surface area contributed by atoms with E-state index in [2.05, 4.69) is 6.07 Å². The number of fused-ring (bicyclic) bond motifs is 1. The van der Waals surface area contributed by atoms with Crippen LogP contribution in [-0.2, 0) is 11.3 Å². The maximum atomic E-state index is 7.00. The Morgan fingerprint density at radius 1 is 1.46 bits per heavy atom. The van der Waals surface area contributed by atoms with E-state index in [0.29, 0.717) is 13.4 Å². The van der Waals surface area contributed by atoms with E-state index in [0.717, 1.165) is 18.4 Å². The van der Waals surface area contributed by atoms with Crippen LogP contribution in [0.4, 0.5) is 0 Å². The third kappa shape index (κ3) is 3.67. The van der Waals surface area contributed by atoms with Crippen LogP contribution in [0.15, 0.2) is 18.2 Å². The molecule has 1 aromatic carbocycles. The second-order valence-electron chi connectivity index (χ2n) is 2.12. The van der Waals surface area contributed by atoms with E-state index < -0.39 is 0 Å². The van der Waals surface area contributed by atoms with E-state index in [1.165, 1.54) is 0 Å². The molecule has 4 heteroatoms. The first-order valence-electron chi connectivity index (χ1n) is 3.61. The first-order valence-corrected chi connectivity index (χ1v) is 3.61. The minimum Gasteiger partial charge on any atom is -0.528 e. The third-order valence-electron chi connectivity index (χ3n) is 1.44. The van der Waals surface area contributed by atoms with Crippen LogP contribution in [0.5, 0.6) is 5.75 Å². The van der Waals surface area contributed by atoms with Crippen molar-refractivity contribution < 1.29 is 44.1 Å². The molecule has 0 unspecified atom stereocenters.